The van der Waals surface area contributed by atoms with Gasteiger partial charge in [0.15, 0.2) is 5.78 Å². The number of rotatable bonds is 4. The highest BCUT2D eigenvalue weighted by atomic mass is 32.2. The summed E-state index contributed by atoms with van der Waals surface area (Å²) in [6.45, 7) is 0.621. The molecule has 1 amide bonds. The number of hydrogen-bond acceptors (Lipinski definition) is 5. The maximum Gasteiger partial charge on any atom is 0.233 e. The number of hydrogen-bond donors (Lipinski definition) is 3. The number of allylic oxidation sites excluding steroid dienone is 3. The van der Waals surface area contributed by atoms with Gasteiger partial charge in [-0.3, -0.25) is 9.59 Å². The lowest BCUT2D eigenvalue weighted by molar-refractivity contribution is -0.119. The molecule has 92 valence electrons. The van der Waals surface area contributed by atoms with Crippen LogP contribution in [0.3, 0.4) is 0 Å². The van der Waals surface area contributed by atoms with Crippen LogP contribution in [0.15, 0.2) is 22.8 Å². The molecule has 0 bridgehead atoms. The summed E-state index contributed by atoms with van der Waals surface area (Å²) in [5.74, 6) is 0.0101. The van der Waals surface area contributed by atoms with E-state index >= 15 is 0 Å². The fourth-order valence-electron chi connectivity index (χ4n) is 1.74. The van der Waals surface area contributed by atoms with Gasteiger partial charge in [-0.1, -0.05) is 0 Å². The number of thioether (sulfide) groups is 1. The summed E-state index contributed by atoms with van der Waals surface area (Å²) < 4.78 is 0. The molecule has 0 saturated carbocycles. The minimum Gasteiger partial charge on any atom is -0.372 e. The topological polar surface area (TPSA) is 84.2 Å². The summed E-state index contributed by atoms with van der Waals surface area (Å²) in [5, 5.41) is 6.28. The zero-order valence-electron chi connectivity index (χ0n) is 9.36. The lowest BCUT2D eigenvalue weighted by Crippen LogP contribution is -2.33. The molecule has 0 radical (unpaired) electrons. The van der Waals surface area contributed by atoms with Crippen molar-refractivity contribution in [3.63, 3.8) is 0 Å². The van der Waals surface area contributed by atoms with Crippen molar-refractivity contribution in [1.29, 1.82) is 0 Å². The van der Waals surface area contributed by atoms with Gasteiger partial charge < -0.3 is 16.4 Å². The van der Waals surface area contributed by atoms with Gasteiger partial charge in [0.1, 0.15) is 0 Å². The van der Waals surface area contributed by atoms with E-state index in [4.69, 9.17) is 5.73 Å². The van der Waals surface area contributed by atoms with Crippen LogP contribution in [0.4, 0.5) is 0 Å². The van der Waals surface area contributed by atoms with Crippen LogP contribution < -0.4 is 16.4 Å². The SMILES string of the molecule is NCC(=O)NCCC1NC2=C(CC(=O)C=C2)S1. The number of amides is 1. The Morgan fingerprint density at radius 3 is 3.18 bits per heavy atom. The van der Waals surface area contributed by atoms with Crippen LogP contribution in [0.25, 0.3) is 0 Å². The average molecular weight is 253 g/mol. The van der Waals surface area contributed by atoms with Gasteiger partial charge in [-0.25, -0.2) is 0 Å². The third-order valence-electron chi connectivity index (χ3n) is 2.59. The van der Waals surface area contributed by atoms with Crippen LogP contribution >= 0.6 is 11.8 Å². The molecule has 2 aliphatic rings. The van der Waals surface area contributed by atoms with E-state index in [2.05, 4.69) is 10.6 Å². The second-order valence-corrected chi connectivity index (χ2v) is 5.20. The molecule has 1 aliphatic carbocycles. The van der Waals surface area contributed by atoms with E-state index in [1.54, 1.807) is 17.8 Å². The molecule has 0 aromatic rings. The van der Waals surface area contributed by atoms with Gasteiger partial charge in [0.05, 0.1) is 11.9 Å². The summed E-state index contributed by atoms with van der Waals surface area (Å²) in [7, 11) is 0. The Balaban J connectivity index is 1.75. The van der Waals surface area contributed by atoms with Crippen LogP contribution in [0.5, 0.6) is 0 Å². The van der Waals surface area contributed by atoms with Crippen LogP contribution in [0, 0.1) is 0 Å². The van der Waals surface area contributed by atoms with Crippen molar-refractivity contribution >= 4 is 23.5 Å². The highest BCUT2D eigenvalue weighted by Gasteiger charge is 2.25. The lowest BCUT2D eigenvalue weighted by atomic mass is 10.1. The highest BCUT2D eigenvalue weighted by Crippen LogP contribution is 2.36. The van der Waals surface area contributed by atoms with Gasteiger partial charge in [0, 0.05) is 23.6 Å². The maximum absolute atomic E-state index is 11.2. The normalized spacial score (nSPS) is 22.4. The van der Waals surface area contributed by atoms with Gasteiger partial charge in [0.2, 0.25) is 5.91 Å². The van der Waals surface area contributed by atoms with E-state index in [1.165, 1.54) is 0 Å². The van der Waals surface area contributed by atoms with Crippen molar-refractivity contribution < 1.29 is 9.59 Å². The molecule has 17 heavy (non-hydrogen) atoms. The minimum atomic E-state index is -0.138. The van der Waals surface area contributed by atoms with Crippen molar-refractivity contribution in [3.05, 3.63) is 22.8 Å². The molecule has 0 saturated heterocycles. The Morgan fingerprint density at radius 1 is 1.59 bits per heavy atom. The molecule has 1 atom stereocenters. The number of carbonyl (C=O) groups excluding carboxylic acids is 2. The second-order valence-electron chi connectivity index (χ2n) is 3.91. The molecule has 0 spiro atoms. The van der Waals surface area contributed by atoms with Crippen LogP contribution in [0.1, 0.15) is 12.8 Å². The molecule has 0 fully saturated rings. The summed E-state index contributed by atoms with van der Waals surface area (Å²) in [5.41, 5.74) is 6.24. The molecular weight excluding hydrogens is 238 g/mol. The number of nitrogens with two attached hydrogens (primary N) is 1. The number of nitrogens with one attached hydrogen (secondary N) is 2. The quantitative estimate of drug-likeness (QED) is 0.649. The van der Waals surface area contributed by atoms with Gasteiger partial charge in [-0.2, -0.15) is 0 Å². The third kappa shape index (κ3) is 3.10. The number of carbonyl (C=O) groups is 2. The summed E-state index contributed by atoms with van der Waals surface area (Å²) in [6.07, 6.45) is 4.73. The van der Waals surface area contributed by atoms with E-state index in [0.717, 1.165) is 17.0 Å². The fraction of sp³-hybridized carbons (Fsp3) is 0.455. The molecule has 1 heterocycles. The molecule has 5 nitrogen and oxygen atoms in total. The first kappa shape index (κ1) is 12.2. The average Bonchev–Trinajstić information content (AvgIpc) is 2.70. The Morgan fingerprint density at radius 2 is 2.41 bits per heavy atom. The van der Waals surface area contributed by atoms with Crippen molar-refractivity contribution in [2.75, 3.05) is 13.1 Å². The van der Waals surface area contributed by atoms with Crippen LogP contribution in [-0.4, -0.2) is 30.2 Å². The fourth-order valence-corrected chi connectivity index (χ4v) is 2.98. The minimum absolute atomic E-state index is 0.0250. The zero-order valence-corrected chi connectivity index (χ0v) is 10.2. The maximum atomic E-state index is 11.2. The second kappa shape index (κ2) is 5.37. The van der Waals surface area contributed by atoms with E-state index in [1.807, 2.05) is 6.08 Å². The van der Waals surface area contributed by atoms with Crippen LogP contribution in [-0.2, 0) is 9.59 Å². The van der Waals surface area contributed by atoms with E-state index in [9.17, 15) is 9.59 Å². The summed E-state index contributed by atoms with van der Waals surface area (Å²) >= 11 is 1.67. The highest BCUT2D eigenvalue weighted by molar-refractivity contribution is 8.03. The Hall–Kier alpha value is -1.27. The molecular formula is C11H15N3O2S. The molecule has 6 heteroatoms. The zero-order chi connectivity index (χ0) is 12.3. The molecule has 0 aromatic heterocycles. The van der Waals surface area contributed by atoms with Gasteiger partial charge in [-0.05, 0) is 18.6 Å². The van der Waals surface area contributed by atoms with Gasteiger partial charge >= 0.3 is 0 Å². The third-order valence-corrected chi connectivity index (χ3v) is 3.87. The molecule has 2 rings (SSSR count). The number of ketones is 1. The first-order valence-corrected chi connectivity index (χ1v) is 6.41. The van der Waals surface area contributed by atoms with Gasteiger partial charge in [0.25, 0.3) is 0 Å². The molecule has 1 unspecified atom stereocenters. The Bertz CT molecular complexity index is 404. The van der Waals surface area contributed by atoms with E-state index in [0.29, 0.717) is 13.0 Å². The molecule has 1 aliphatic heterocycles. The first-order valence-electron chi connectivity index (χ1n) is 5.53. The van der Waals surface area contributed by atoms with E-state index in [-0.39, 0.29) is 23.6 Å². The Labute approximate surface area is 104 Å². The molecule has 4 N–H and O–H groups in total. The predicted octanol–water partition coefficient (Wildman–Crippen LogP) is -0.146. The monoisotopic (exact) mass is 253 g/mol. The summed E-state index contributed by atoms with van der Waals surface area (Å²) in [6, 6.07) is 0. The standard InChI is InChI=1S/C11H15N3O2S/c12-6-10(16)13-4-3-11-14-8-2-1-7(15)5-9(8)17-11/h1-2,11,14H,3-6,12H2,(H,13,16). The Kier molecular flexibility index (Phi) is 3.86. The van der Waals surface area contributed by atoms with Gasteiger partial charge in [-0.15, -0.1) is 11.8 Å². The van der Waals surface area contributed by atoms with Crippen molar-refractivity contribution in [1.82, 2.24) is 10.6 Å². The van der Waals surface area contributed by atoms with Crippen LogP contribution in [0.2, 0.25) is 0 Å². The molecule has 0 aromatic carbocycles. The van der Waals surface area contributed by atoms with Crippen molar-refractivity contribution in [2.24, 2.45) is 5.73 Å². The first-order chi connectivity index (χ1) is 8.19. The lowest BCUT2D eigenvalue weighted by Gasteiger charge is -2.11. The smallest absolute Gasteiger partial charge is 0.233 e. The van der Waals surface area contributed by atoms with Crippen molar-refractivity contribution in [3.8, 4) is 0 Å². The van der Waals surface area contributed by atoms with E-state index < -0.39 is 0 Å². The predicted molar refractivity (Wildman–Crippen MR) is 67.0 cm³/mol. The summed E-state index contributed by atoms with van der Waals surface area (Å²) in [4.78, 5) is 23.3. The largest absolute Gasteiger partial charge is 0.372 e. The van der Waals surface area contributed by atoms with Crippen molar-refractivity contribution in [2.45, 2.75) is 18.2 Å².